The van der Waals surface area contributed by atoms with Crippen LogP contribution in [0.15, 0.2) is 18.2 Å². The van der Waals surface area contributed by atoms with E-state index in [9.17, 15) is 9.59 Å². The van der Waals surface area contributed by atoms with Crippen molar-refractivity contribution in [3.63, 3.8) is 0 Å². The van der Waals surface area contributed by atoms with Crippen LogP contribution in [0.3, 0.4) is 0 Å². The lowest BCUT2D eigenvalue weighted by atomic mass is 9.72. The highest BCUT2D eigenvalue weighted by Crippen LogP contribution is 2.47. The predicted octanol–water partition coefficient (Wildman–Crippen LogP) is 3.85. The van der Waals surface area contributed by atoms with E-state index in [1.807, 2.05) is 32.9 Å². The van der Waals surface area contributed by atoms with E-state index in [0.29, 0.717) is 19.5 Å². The first-order valence-electron chi connectivity index (χ1n) is 8.33. The topological polar surface area (TPSA) is 46.6 Å². The van der Waals surface area contributed by atoms with Gasteiger partial charge in [0.15, 0.2) is 5.78 Å². The van der Waals surface area contributed by atoms with Crippen molar-refractivity contribution >= 4 is 11.9 Å². The Bertz CT molecular complexity index is 649. The average molecular weight is 315 g/mol. The van der Waals surface area contributed by atoms with Gasteiger partial charge < -0.3 is 9.64 Å². The van der Waals surface area contributed by atoms with E-state index < -0.39 is 5.60 Å². The number of hydrogen-bond donors (Lipinski definition) is 0. The minimum atomic E-state index is -0.473. The standard InChI is InChI=1S/C19H25NO3/c1-13-6-5-7-14-15(21)12-19(16(13)14)8-10-20(11-9-19)17(22)23-18(2,3)4/h5-7H,8-12H2,1-4H3. The molecule has 2 aliphatic rings. The number of rotatable bonds is 0. The van der Waals surface area contributed by atoms with Gasteiger partial charge in [-0.25, -0.2) is 4.79 Å². The summed E-state index contributed by atoms with van der Waals surface area (Å²) in [4.78, 5) is 26.4. The van der Waals surface area contributed by atoms with Gasteiger partial charge in [0.05, 0.1) is 0 Å². The van der Waals surface area contributed by atoms with Crippen molar-refractivity contribution in [2.45, 2.75) is 58.0 Å². The molecule has 1 spiro atoms. The van der Waals surface area contributed by atoms with Gasteiger partial charge in [-0.3, -0.25) is 4.79 Å². The van der Waals surface area contributed by atoms with E-state index in [4.69, 9.17) is 4.74 Å². The number of fused-ring (bicyclic) bond motifs is 2. The first-order chi connectivity index (χ1) is 10.7. The molecule has 0 N–H and O–H groups in total. The average Bonchev–Trinajstić information content (AvgIpc) is 2.72. The molecular formula is C19H25NO3. The smallest absolute Gasteiger partial charge is 0.410 e. The van der Waals surface area contributed by atoms with Gasteiger partial charge in [0, 0.05) is 30.5 Å². The summed E-state index contributed by atoms with van der Waals surface area (Å²) in [5.41, 5.74) is 2.73. The van der Waals surface area contributed by atoms with E-state index in [2.05, 4.69) is 13.0 Å². The number of likely N-dealkylation sites (tertiary alicyclic amines) is 1. The van der Waals surface area contributed by atoms with Crippen LogP contribution >= 0.6 is 0 Å². The van der Waals surface area contributed by atoms with Crippen LogP contribution in [-0.2, 0) is 10.2 Å². The molecule has 1 aliphatic heterocycles. The molecule has 1 heterocycles. The second kappa shape index (κ2) is 5.36. The van der Waals surface area contributed by atoms with Crippen LogP contribution in [0.1, 0.15) is 61.5 Å². The third kappa shape index (κ3) is 2.87. The molecule has 1 amide bonds. The summed E-state index contributed by atoms with van der Waals surface area (Å²) in [5, 5.41) is 0. The molecule has 124 valence electrons. The number of carbonyl (C=O) groups excluding carboxylic acids is 2. The van der Waals surface area contributed by atoms with Crippen LogP contribution in [0.4, 0.5) is 4.79 Å². The second-order valence-electron chi connectivity index (χ2n) is 7.85. The molecule has 1 aliphatic carbocycles. The van der Waals surface area contributed by atoms with Crippen LogP contribution in [0.2, 0.25) is 0 Å². The third-order valence-corrected chi connectivity index (χ3v) is 4.97. The summed E-state index contributed by atoms with van der Waals surface area (Å²) in [5.74, 6) is 0.245. The molecule has 23 heavy (non-hydrogen) atoms. The quantitative estimate of drug-likeness (QED) is 0.730. The molecule has 1 saturated heterocycles. The van der Waals surface area contributed by atoms with E-state index >= 15 is 0 Å². The van der Waals surface area contributed by atoms with Gasteiger partial charge in [-0.05, 0) is 51.7 Å². The molecule has 4 nitrogen and oxygen atoms in total. The highest BCUT2D eigenvalue weighted by molar-refractivity contribution is 6.02. The Kier molecular flexibility index (Phi) is 3.74. The zero-order valence-corrected chi connectivity index (χ0v) is 14.4. The van der Waals surface area contributed by atoms with Gasteiger partial charge in [-0.2, -0.15) is 0 Å². The summed E-state index contributed by atoms with van der Waals surface area (Å²) >= 11 is 0. The van der Waals surface area contributed by atoms with Gasteiger partial charge in [0.2, 0.25) is 0 Å². The van der Waals surface area contributed by atoms with E-state index in [1.165, 1.54) is 11.1 Å². The second-order valence-corrected chi connectivity index (χ2v) is 7.85. The van der Waals surface area contributed by atoms with Gasteiger partial charge in [0.25, 0.3) is 0 Å². The molecule has 3 rings (SSSR count). The first kappa shape index (κ1) is 16.0. The fourth-order valence-corrected chi connectivity index (χ4v) is 3.97. The SMILES string of the molecule is Cc1cccc2c1C1(CCN(C(=O)OC(C)(C)C)CC1)CC2=O. The van der Waals surface area contributed by atoms with Crippen molar-refractivity contribution in [1.82, 2.24) is 4.90 Å². The Morgan fingerprint density at radius 1 is 1.22 bits per heavy atom. The number of carbonyl (C=O) groups is 2. The summed E-state index contributed by atoms with van der Waals surface area (Å²) in [6, 6.07) is 5.99. The summed E-state index contributed by atoms with van der Waals surface area (Å²) < 4.78 is 5.46. The van der Waals surface area contributed by atoms with E-state index in [1.54, 1.807) is 4.90 Å². The molecule has 0 unspecified atom stereocenters. The number of aryl methyl sites for hydroxylation is 1. The van der Waals surface area contributed by atoms with Gasteiger partial charge in [-0.1, -0.05) is 18.2 Å². The van der Waals surface area contributed by atoms with Crippen molar-refractivity contribution in [2.75, 3.05) is 13.1 Å². The maximum Gasteiger partial charge on any atom is 0.410 e. The summed E-state index contributed by atoms with van der Waals surface area (Å²) in [6.45, 7) is 9.02. The fraction of sp³-hybridized carbons (Fsp3) is 0.579. The zero-order chi connectivity index (χ0) is 16.8. The number of piperidine rings is 1. The summed E-state index contributed by atoms with van der Waals surface area (Å²) in [6.07, 6.45) is 1.99. The van der Waals surface area contributed by atoms with Gasteiger partial charge >= 0.3 is 6.09 Å². The number of nitrogens with zero attached hydrogens (tertiary/aromatic N) is 1. The Morgan fingerprint density at radius 3 is 2.48 bits per heavy atom. The molecule has 0 bridgehead atoms. The minimum Gasteiger partial charge on any atom is -0.444 e. The Hall–Kier alpha value is -1.84. The number of ketones is 1. The van der Waals surface area contributed by atoms with Crippen molar-refractivity contribution in [2.24, 2.45) is 0 Å². The highest BCUT2D eigenvalue weighted by Gasteiger charge is 2.46. The third-order valence-electron chi connectivity index (χ3n) is 4.97. The molecule has 0 atom stereocenters. The maximum atomic E-state index is 12.4. The Balaban J connectivity index is 1.78. The fourth-order valence-electron chi connectivity index (χ4n) is 3.97. The molecular weight excluding hydrogens is 290 g/mol. The lowest BCUT2D eigenvalue weighted by Crippen LogP contribution is -2.46. The van der Waals surface area contributed by atoms with Crippen LogP contribution in [-0.4, -0.2) is 35.5 Å². The van der Waals surface area contributed by atoms with Crippen molar-refractivity contribution in [1.29, 1.82) is 0 Å². The number of amides is 1. The largest absolute Gasteiger partial charge is 0.444 e. The molecule has 1 aromatic rings. The molecule has 0 radical (unpaired) electrons. The predicted molar refractivity (Wildman–Crippen MR) is 88.8 cm³/mol. The lowest BCUT2D eigenvalue weighted by molar-refractivity contribution is 0.0165. The zero-order valence-electron chi connectivity index (χ0n) is 14.4. The molecule has 0 aromatic heterocycles. The molecule has 1 aromatic carbocycles. The molecule has 0 saturated carbocycles. The van der Waals surface area contributed by atoms with Gasteiger partial charge in [-0.15, -0.1) is 0 Å². The number of benzene rings is 1. The molecule has 1 fully saturated rings. The van der Waals surface area contributed by atoms with E-state index in [0.717, 1.165) is 18.4 Å². The first-order valence-corrected chi connectivity index (χ1v) is 8.33. The Labute approximate surface area is 137 Å². The van der Waals surface area contributed by atoms with Crippen molar-refractivity contribution in [3.05, 3.63) is 34.9 Å². The van der Waals surface area contributed by atoms with E-state index in [-0.39, 0.29) is 17.3 Å². The normalized spacial score (nSPS) is 19.8. The van der Waals surface area contributed by atoms with Crippen LogP contribution in [0.25, 0.3) is 0 Å². The number of hydrogen-bond acceptors (Lipinski definition) is 3. The van der Waals surface area contributed by atoms with Crippen LogP contribution < -0.4 is 0 Å². The highest BCUT2D eigenvalue weighted by atomic mass is 16.6. The van der Waals surface area contributed by atoms with Crippen LogP contribution in [0.5, 0.6) is 0 Å². The monoisotopic (exact) mass is 315 g/mol. The van der Waals surface area contributed by atoms with Crippen molar-refractivity contribution < 1.29 is 14.3 Å². The molecule has 4 heteroatoms. The number of Topliss-reactive ketones (excluding diaryl/α,β-unsaturated/α-hetero) is 1. The summed E-state index contributed by atoms with van der Waals surface area (Å²) in [7, 11) is 0. The lowest BCUT2D eigenvalue weighted by Gasteiger charge is -2.40. The maximum absolute atomic E-state index is 12.4. The van der Waals surface area contributed by atoms with Crippen molar-refractivity contribution in [3.8, 4) is 0 Å². The van der Waals surface area contributed by atoms with Crippen LogP contribution in [0, 0.1) is 6.92 Å². The number of ether oxygens (including phenoxy) is 1. The minimum absolute atomic E-state index is 0.0870. The Morgan fingerprint density at radius 2 is 1.87 bits per heavy atom. The van der Waals surface area contributed by atoms with Gasteiger partial charge in [0.1, 0.15) is 5.60 Å².